The minimum atomic E-state index is -0.202. The molecular weight excluding hydrogens is 637 g/mol. The Labute approximate surface area is 228 Å². The Morgan fingerprint density at radius 2 is 1.32 bits per heavy atom. The summed E-state index contributed by atoms with van der Waals surface area (Å²) >= 11 is 0. The molecule has 4 aromatic carbocycles. The number of aliphatic hydroxyl groups is 1. The van der Waals surface area contributed by atoms with E-state index in [9.17, 15) is 9.90 Å². The number of aromatic nitrogens is 2. The fourth-order valence-electron chi connectivity index (χ4n) is 4.06. The van der Waals surface area contributed by atoms with Crippen molar-refractivity contribution in [2.45, 2.75) is 0 Å². The summed E-state index contributed by atoms with van der Waals surface area (Å²) in [7, 11) is 0. The first-order chi connectivity index (χ1) is 17.7. The van der Waals surface area contributed by atoms with Crippen LogP contribution in [-0.4, -0.2) is 20.4 Å². The first kappa shape index (κ1) is 25.8. The van der Waals surface area contributed by atoms with Crippen LogP contribution in [0, 0.1) is 6.07 Å². The first-order valence-electron chi connectivity index (χ1n) is 11.6. The molecule has 0 amide bonds. The van der Waals surface area contributed by atoms with Crippen molar-refractivity contribution in [3.05, 3.63) is 151 Å². The van der Waals surface area contributed by atoms with E-state index < -0.39 is 0 Å². The van der Waals surface area contributed by atoms with Crippen LogP contribution >= 0.6 is 0 Å². The topological polar surface area (TPSA) is 55.1 Å². The Kier molecular flexibility index (Phi) is 8.42. The van der Waals surface area contributed by atoms with Gasteiger partial charge in [-0.15, -0.1) is 24.3 Å². The number of carbonyl (C=O) groups is 1. The van der Waals surface area contributed by atoms with Crippen molar-refractivity contribution >= 4 is 33.5 Å². The molecule has 2 heterocycles. The summed E-state index contributed by atoms with van der Waals surface area (Å²) in [5, 5.41) is 10.9. The number of pyridine rings is 1. The molecule has 0 spiro atoms. The van der Waals surface area contributed by atoms with E-state index in [1.54, 1.807) is 36.4 Å². The van der Waals surface area contributed by atoms with Crippen molar-refractivity contribution in [3.8, 4) is 5.69 Å². The van der Waals surface area contributed by atoms with Crippen molar-refractivity contribution < 1.29 is 30.0 Å². The molecule has 4 nitrogen and oxygen atoms in total. The van der Waals surface area contributed by atoms with Crippen LogP contribution in [0.2, 0.25) is 0 Å². The summed E-state index contributed by atoms with van der Waals surface area (Å²) in [5.74, 6) is -0.216. The van der Waals surface area contributed by atoms with Crippen LogP contribution in [0.3, 0.4) is 0 Å². The molecule has 0 fully saturated rings. The van der Waals surface area contributed by atoms with E-state index in [1.807, 2.05) is 54.7 Å². The number of ketones is 1. The predicted molar refractivity (Wildman–Crippen MR) is 145 cm³/mol. The molecule has 0 atom stereocenters. The Hall–Kier alpha value is -4.31. The van der Waals surface area contributed by atoms with Crippen LogP contribution < -0.4 is 0 Å². The number of rotatable bonds is 4. The number of carbonyl (C=O) groups excluding carboxylic acids is 1. The van der Waals surface area contributed by atoms with Crippen molar-refractivity contribution in [1.29, 1.82) is 0 Å². The van der Waals surface area contributed by atoms with Gasteiger partial charge in [-0.3, -0.25) is 4.79 Å². The van der Waals surface area contributed by atoms with Crippen LogP contribution in [0.15, 0.2) is 134 Å². The molecule has 6 aromatic rings. The van der Waals surface area contributed by atoms with Crippen LogP contribution in [0.25, 0.3) is 33.4 Å². The van der Waals surface area contributed by atoms with Gasteiger partial charge in [-0.2, -0.15) is 0 Å². The number of fused-ring (bicyclic) bond motifs is 3. The summed E-state index contributed by atoms with van der Waals surface area (Å²) in [6.45, 7) is 0. The third kappa shape index (κ3) is 5.75. The van der Waals surface area contributed by atoms with E-state index in [0.29, 0.717) is 11.1 Å². The van der Waals surface area contributed by atoms with Crippen LogP contribution in [-0.2, 0) is 20.1 Å². The van der Waals surface area contributed by atoms with Crippen molar-refractivity contribution in [1.82, 2.24) is 9.55 Å². The van der Waals surface area contributed by atoms with Gasteiger partial charge in [0.2, 0.25) is 0 Å². The summed E-state index contributed by atoms with van der Waals surface area (Å²) in [5.41, 5.74) is 5.61. The second-order valence-electron chi connectivity index (χ2n) is 8.10. The Bertz CT molecular complexity index is 1590. The monoisotopic (exact) mass is 660 g/mol. The van der Waals surface area contributed by atoms with E-state index in [-0.39, 0.29) is 31.6 Å². The fourth-order valence-corrected chi connectivity index (χ4v) is 4.06. The number of aliphatic hydroxyl groups excluding tert-OH is 1. The van der Waals surface area contributed by atoms with Crippen molar-refractivity contribution in [3.63, 3.8) is 0 Å². The largest absolute Gasteiger partial charge is 0.507 e. The summed E-state index contributed by atoms with van der Waals surface area (Å²) in [6.07, 6.45) is 3.07. The molecule has 37 heavy (non-hydrogen) atoms. The van der Waals surface area contributed by atoms with Gasteiger partial charge in [-0.1, -0.05) is 84.2 Å². The van der Waals surface area contributed by atoms with Gasteiger partial charge in [0.25, 0.3) is 0 Å². The smallest absolute Gasteiger partial charge is 0.189 e. The molecule has 5 heteroatoms. The van der Waals surface area contributed by atoms with E-state index >= 15 is 0 Å². The number of hydrogen-bond acceptors (Lipinski definition) is 3. The van der Waals surface area contributed by atoms with Crippen LogP contribution in [0.5, 0.6) is 0 Å². The van der Waals surface area contributed by atoms with Gasteiger partial charge >= 0.3 is 0 Å². The average Bonchev–Trinajstić information content (AvgIpc) is 3.29. The van der Waals surface area contributed by atoms with Gasteiger partial charge in [0.05, 0.1) is 0 Å². The van der Waals surface area contributed by atoms with Gasteiger partial charge in [-0.05, 0) is 29.8 Å². The van der Waals surface area contributed by atoms with Gasteiger partial charge in [0.1, 0.15) is 5.76 Å². The third-order valence-corrected chi connectivity index (χ3v) is 5.75. The predicted octanol–water partition coefficient (Wildman–Crippen LogP) is 7.44. The number of nitrogens with zero attached hydrogens (tertiary/aromatic N) is 2. The summed E-state index contributed by atoms with van der Waals surface area (Å²) in [6, 6.07) is 41.6. The molecule has 0 saturated heterocycles. The molecule has 0 aliphatic carbocycles. The minimum Gasteiger partial charge on any atom is -0.507 e. The van der Waals surface area contributed by atoms with Crippen molar-refractivity contribution in [2.24, 2.45) is 0 Å². The quantitative estimate of drug-likeness (QED) is 0.0927. The van der Waals surface area contributed by atoms with E-state index in [0.717, 1.165) is 27.6 Å². The zero-order chi connectivity index (χ0) is 24.7. The second-order valence-corrected chi connectivity index (χ2v) is 8.10. The molecule has 0 unspecified atom stereocenters. The van der Waals surface area contributed by atoms with Crippen molar-refractivity contribution in [2.75, 3.05) is 0 Å². The number of hydrogen-bond donors (Lipinski definition) is 1. The first-order valence-corrected chi connectivity index (χ1v) is 11.6. The molecule has 0 aliphatic rings. The number of allylic oxidation sites excluding steroid dienone is 1. The summed E-state index contributed by atoms with van der Waals surface area (Å²) < 4.78 is 2.23. The van der Waals surface area contributed by atoms with Gasteiger partial charge in [0, 0.05) is 60.2 Å². The Balaban J connectivity index is 0.000000170. The minimum absolute atomic E-state index is 0. The van der Waals surface area contributed by atoms with E-state index in [4.69, 9.17) is 0 Å². The molecule has 2 aromatic heterocycles. The molecule has 1 radical (unpaired) electrons. The maximum absolute atomic E-state index is 11.8. The van der Waals surface area contributed by atoms with Gasteiger partial charge < -0.3 is 14.7 Å². The van der Waals surface area contributed by atoms with Crippen LogP contribution in [0.1, 0.15) is 15.9 Å². The van der Waals surface area contributed by atoms with E-state index in [1.165, 1.54) is 6.08 Å². The Morgan fingerprint density at radius 3 is 2.00 bits per heavy atom. The summed E-state index contributed by atoms with van der Waals surface area (Å²) in [4.78, 5) is 16.3. The van der Waals surface area contributed by atoms with Crippen LogP contribution in [0.4, 0.5) is 0 Å². The zero-order valence-corrected chi connectivity index (χ0v) is 22.2. The normalized spacial score (nSPS) is 10.9. The molecule has 0 bridgehead atoms. The number of para-hydroxylation sites is 1. The molecule has 6 rings (SSSR count). The zero-order valence-electron chi connectivity index (χ0n) is 19.8. The van der Waals surface area contributed by atoms with Gasteiger partial charge in [-0.25, -0.2) is 0 Å². The Morgan fingerprint density at radius 1 is 0.730 bits per heavy atom. The maximum atomic E-state index is 11.8. The van der Waals surface area contributed by atoms with E-state index in [2.05, 4.69) is 52.0 Å². The fraction of sp³-hybridized carbons (Fsp3) is 0. The standard InChI is InChI=1S/C17H11N2.C15H12O2.Ir/c1-2-7-13(8-3-1)19-15-10-5-4-9-14(15)17-16(19)11-6-12-18-17;16-14(12-7-3-1-4-8-12)11-15(17)13-9-5-2-6-10-13;/h1-8,10-12H;1-11,16H;/q-1;;/b;14-11-;. The molecule has 183 valence electrons. The molecule has 0 saturated carbocycles. The molecule has 1 N–H and O–H groups in total. The van der Waals surface area contributed by atoms with Gasteiger partial charge in [0.15, 0.2) is 5.78 Å². The second kappa shape index (κ2) is 12.1. The maximum Gasteiger partial charge on any atom is 0.189 e. The molecule has 0 aliphatic heterocycles. The molecular formula is C32H23IrN2O2-. The average molecular weight is 660 g/mol. The third-order valence-electron chi connectivity index (χ3n) is 5.75. The number of benzene rings is 4. The SMILES string of the molecule is O=C(/C=C(\O)c1ccccc1)c1ccccc1.[Ir].[c-]1cccc2c1c1ncccc1n2-c1ccccc1.